The van der Waals surface area contributed by atoms with Crippen LogP contribution < -0.4 is 0 Å². The highest BCUT2D eigenvalue weighted by Crippen LogP contribution is 2.29. The van der Waals surface area contributed by atoms with E-state index in [1.165, 1.54) is 4.31 Å². The van der Waals surface area contributed by atoms with Gasteiger partial charge in [0.25, 0.3) is 0 Å². The van der Waals surface area contributed by atoms with Crippen molar-refractivity contribution in [2.45, 2.75) is 32.2 Å². The first-order valence-electron chi connectivity index (χ1n) is 7.50. The molecule has 0 fully saturated rings. The molecule has 0 spiro atoms. The average molecular weight is 329 g/mol. The van der Waals surface area contributed by atoms with Gasteiger partial charge in [-0.25, -0.2) is 8.42 Å². The van der Waals surface area contributed by atoms with E-state index in [-0.39, 0.29) is 18.9 Å². The number of fused-ring (bicyclic) bond motifs is 1. The van der Waals surface area contributed by atoms with E-state index in [0.717, 1.165) is 11.1 Å². The van der Waals surface area contributed by atoms with E-state index in [0.29, 0.717) is 21.6 Å². The van der Waals surface area contributed by atoms with Crippen LogP contribution in [0.2, 0.25) is 0 Å². The first-order chi connectivity index (χ1) is 10.8. The summed E-state index contributed by atoms with van der Waals surface area (Å²) in [5.41, 5.74) is 3.84. The van der Waals surface area contributed by atoms with Gasteiger partial charge in [0, 0.05) is 12.1 Å². The maximum absolute atomic E-state index is 13.1. The zero-order chi connectivity index (χ0) is 16.8. The van der Waals surface area contributed by atoms with Gasteiger partial charge in [-0.15, -0.1) is 0 Å². The molecule has 1 aliphatic rings. The summed E-state index contributed by atoms with van der Waals surface area (Å²) in [5.74, 6) is -0.155. The van der Waals surface area contributed by atoms with Gasteiger partial charge in [0.1, 0.15) is 0 Å². The number of ketones is 1. The molecule has 5 heteroatoms. The number of benzene rings is 2. The molecule has 0 aromatic heterocycles. The zero-order valence-corrected chi connectivity index (χ0v) is 14.3. The number of aryl methyl sites for hydroxylation is 3. The Kier molecular flexibility index (Phi) is 3.86. The lowest BCUT2D eigenvalue weighted by atomic mass is 10.0. The van der Waals surface area contributed by atoms with Crippen molar-refractivity contribution in [1.29, 1.82) is 0 Å². The summed E-state index contributed by atoms with van der Waals surface area (Å²) in [6.07, 6.45) is 0. The topological polar surface area (TPSA) is 54.5 Å². The van der Waals surface area contributed by atoms with Gasteiger partial charge in [-0.05, 0) is 37.5 Å². The molecule has 0 unspecified atom stereocenters. The second-order valence-electron chi connectivity index (χ2n) is 6.08. The molecule has 1 aliphatic heterocycles. The second-order valence-corrected chi connectivity index (χ2v) is 7.96. The van der Waals surface area contributed by atoms with E-state index in [4.69, 9.17) is 0 Å². The third-order valence-corrected chi connectivity index (χ3v) is 6.28. The third-order valence-electron chi connectivity index (χ3n) is 4.19. The van der Waals surface area contributed by atoms with Gasteiger partial charge < -0.3 is 0 Å². The Labute approximate surface area is 136 Å². The molecule has 2 aromatic carbocycles. The molecule has 0 aliphatic carbocycles. The van der Waals surface area contributed by atoms with Crippen LogP contribution in [0.25, 0.3) is 0 Å². The Bertz CT molecular complexity index is 877. The Hall–Kier alpha value is -1.98. The van der Waals surface area contributed by atoms with E-state index in [1.807, 2.05) is 31.2 Å². The smallest absolute Gasteiger partial charge is 0.244 e. The Morgan fingerprint density at radius 3 is 2.22 bits per heavy atom. The van der Waals surface area contributed by atoms with Crippen molar-refractivity contribution in [2.75, 3.05) is 6.54 Å². The zero-order valence-electron chi connectivity index (χ0n) is 13.5. The number of hydrogen-bond acceptors (Lipinski definition) is 3. The van der Waals surface area contributed by atoms with Crippen molar-refractivity contribution < 1.29 is 13.2 Å². The van der Waals surface area contributed by atoms with Crippen molar-refractivity contribution in [3.63, 3.8) is 0 Å². The van der Waals surface area contributed by atoms with Gasteiger partial charge >= 0.3 is 0 Å². The fraction of sp³-hybridized carbons (Fsp3) is 0.278. The van der Waals surface area contributed by atoms with Crippen molar-refractivity contribution in [3.8, 4) is 0 Å². The summed E-state index contributed by atoms with van der Waals surface area (Å²) in [6, 6.07) is 10.9. The largest absolute Gasteiger partial charge is 0.293 e. The molecule has 120 valence electrons. The minimum Gasteiger partial charge on any atom is -0.293 e. The molecule has 2 aromatic rings. The number of rotatable bonds is 2. The van der Waals surface area contributed by atoms with Gasteiger partial charge in [-0.1, -0.05) is 42.0 Å². The Morgan fingerprint density at radius 2 is 1.57 bits per heavy atom. The number of carbonyl (C=O) groups is 1. The number of nitrogens with zero attached hydrogens (tertiary/aromatic N) is 1. The normalized spacial score (nSPS) is 15.5. The van der Waals surface area contributed by atoms with E-state index in [2.05, 4.69) is 0 Å². The van der Waals surface area contributed by atoms with Crippen molar-refractivity contribution in [2.24, 2.45) is 0 Å². The molecule has 0 N–H and O–H groups in total. The Balaban J connectivity index is 2.08. The third kappa shape index (κ3) is 2.71. The molecular formula is C18H19NO3S. The number of carbonyl (C=O) groups excluding carboxylic acids is 1. The van der Waals surface area contributed by atoms with Crippen LogP contribution in [-0.4, -0.2) is 25.1 Å². The molecule has 0 saturated carbocycles. The maximum atomic E-state index is 13.1. The van der Waals surface area contributed by atoms with Gasteiger partial charge in [0.05, 0.1) is 11.4 Å². The summed E-state index contributed by atoms with van der Waals surface area (Å²) < 4.78 is 27.4. The molecule has 0 saturated heterocycles. The average Bonchev–Trinajstić information content (AvgIpc) is 2.45. The van der Waals surface area contributed by atoms with Gasteiger partial charge in [0.2, 0.25) is 10.0 Å². The molecular weight excluding hydrogens is 310 g/mol. The van der Waals surface area contributed by atoms with Crippen molar-refractivity contribution >= 4 is 15.8 Å². The minimum absolute atomic E-state index is 0.105. The highest BCUT2D eigenvalue weighted by Gasteiger charge is 2.33. The second kappa shape index (κ2) is 5.58. The summed E-state index contributed by atoms with van der Waals surface area (Å²) >= 11 is 0. The van der Waals surface area contributed by atoms with Gasteiger partial charge in [-0.3, -0.25) is 4.79 Å². The van der Waals surface area contributed by atoms with E-state index in [9.17, 15) is 13.2 Å². The minimum atomic E-state index is -3.70. The monoisotopic (exact) mass is 329 g/mol. The molecule has 3 rings (SSSR count). The summed E-state index contributed by atoms with van der Waals surface area (Å²) in [5, 5.41) is 0. The van der Waals surface area contributed by atoms with Crippen LogP contribution in [0, 0.1) is 20.8 Å². The SMILES string of the molecule is Cc1cc(C)c(S(=O)(=O)N2CC(=O)c3ccccc3C2)c(C)c1. The quantitative estimate of drug-likeness (QED) is 0.851. The van der Waals surface area contributed by atoms with Crippen LogP contribution in [0.4, 0.5) is 0 Å². The molecule has 23 heavy (non-hydrogen) atoms. The summed E-state index contributed by atoms with van der Waals surface area (Å²) in [6.45, 7) is 5.67. The predicted molar refractivity (Wildman–Crippen MR) is 89.0 cm³/mol. The highest BCUT2D eigenvalue weighted by molar-refractivity contribution is 7.89. The Morgan fingerprint density at radius 1 is 0.957 bits per heavy atom. The van der Waals surface area contributed by atoms with Gasteiger partial charge in [0.15, 0.2) is 5.78 Å². The fourth-order valence-electron chi connectivity index (χ4n) is 3.29. The van der Waals surface area contributed by atoms with Crippen molar-refractivity contribution in [1.82, 2.24) is 4.31 Å². The van der Waals surface area contributed by atoms with E-state index < -0.39 is 10.0 Å². The van der Waals surface area contributed by atoms with Crippen LogP contribution in [0.3, 0.4) is 0 Å². The summed E-state index contributed by atoms with van der Waals surface area (Å²) in [7, 11) is -3.70. The number of Topliss-reactive ketones (excluding diaryl/α,β-unsaturated/α-hetero) is 1. The lowest BCUT2D eigenvalue weighted by molar-refractivity contribution is 0.0949. The van der Waals surface area contributed by atoms with Crippen molar-refractivity contribution in [3.05, 3.63) is 64.2 Å². The standard InChI is InChI=1S/C18H19NO3S/c1-12-8-13(2)18(14(3)9-12)23(21,22)19-10-15-6-4-5-7-16(15)17(20)11-19/h4-9H,10-11H2,1-3H3. The van der Waals surface area contributed by atoms with Gasteiger partial charge in [-0.2, -0.15) is 4.31 Å². The molecule has 0 amide bonds. The first kappa shape index (κ1) is 15.9. The lowest BCUT2D eigenvalue weighted by Crippen LogP contribution is -2.39. The van der Waals surface area contributed by atoms with Crippen LogP contribution >= 0.6 is 0 Å². The van der Waals surface area contributed by atoms with E-state index in [1.54, 1.807) is 26.0 Å². The van der Waals surface area contributed by atoms with Crippen LogP contribution in [-0.2, 0) is 16.6 Å². The van der Waals surface area contributed by atoms with Crippen LogP contribution in [0.5, 0.6) is 0 Å². The fourth-order valence-corrected chi connectivity index (χ4v) is 5.08. The first-order valence-corrected chi connectivity index (χ1v) is 8.94. The summed E-state index contributed by atoms with van der Waals surface area (Å²) in [4.78, 5) is 12.6. The van der Waals surface area contributed by atoms with Crippen LogP contribution in [0.15, 0.2) is 41.3 Å². The number of hydrogen-bond donors (Lipinski definition) is 0. The maximum Gasteiger partial charge on any atom is 0.244 e. The molecule has 0 atom stereocenters. The molecule has 0 bridgehead atoms. The van der Waals surface area contributed by atoms with E-state index >= 15 is 0 Å². The van der Waals surface area contributed by atoms with Crippen LogP contribution in [0.1, 0.15) is 32.6 Å². The molecule has 1 heterocycles. The highest BCUT2D eigenvalue weighted by atomic mass is 32.2. The molecule has 4 nitrogen and oxygen atoms in total. The number of sulfonamides is 1. The molecule has 0 radical (unpaired) electrons. The lowest BCUT2D eigenvalue weighted by Gasteiger charge is -2.28. The predicted octanol–water partition coefficient (Wildman–Crippen LogP) is 3.00.